The molecule has 0 spiro atoms. The van der Waals surface area contributed by atoms with Gasteiger partial charge in [-0.2, -0.15) is 0 Å². The predicted octanol–water partition coefficient (Wildman–Crippen LogP) is 1.41. The van der Waals surface area contributed by atoms with E-state index in [4.69, 9.17) is 0 Å². The molecule has 0 N–H and O–H groups in total. The SMILES string of the molecule is C=CCN1C=CN(CN2C=CN(CC=C)C2)C1. The number of rotatable bonds is 6. The van der Waals surface area contributed by atoms with Crippen molar-refractivity contribution < 1.29 is 0 Å². The molecule has 0 aliphatic carbocycles. The lowest BCUT2D eigenvalue weighted by molar-refractivity contribution is 0.171. The van der Waals surface area contributed by atoms with E-state index in [1.54, 1.807) is 0 Å². The Hall–Kier alpha value is -1.84. The van der Waals surface area contributed by atoms with Crippen molar-refractivity contribution in [2.45, 2.75) is 0 Å². The summed E-state index contributed by atoms with van der Waals surface area (Å²) in [4.78, 5) is 9.03. The topological polar surface area (TPSA) is 13.0 Å². The zero-order valence-corrected chi connectivity index (χ0v) is 10.2. The fourth-order valence-electron chi connectivity index (χ4n) is 2.02. The molecule has 0 saturated carbocycles. The smallest absolute Gasteiger partial charge is 0.0927 e. The highest BCUT2D eigenvalue weighted by Gasteiger charge is 2.16. The van der Waals surface area contributed by atoms with Crippen molar-refractivity contribution in [3.63, 3.8) is 0 Å². The second-order valence-corrected chi connectivity index (χ2v) is 4.32. The van der Waals surface area contributed by atoms with E-state index in [0.717, 1.165) is 33.1 Å². The zero-order valence-electron chi connectivity index (χ0n) is 10.2. The Bertz CT molecular complexity index is 302. The first-order chi connectivity index (χ1) is 8.31. The minimum atomic E-state index is 0.908. The van der Waals surface area contributed by atoms with E-state index >= 15 is 0 Å². The Kier molecular flexibility index (Phi) is 3.75. The second kappa shape index (κ2) is 5.48. The highest BCUT2D eigenvalue weighted by molar-refractivity contribution is 4.97. The summed E-state index contributed by atoms with van der Waals surface area (Å²) in [6.45, 7) is 12.1. The van der Waals surface area contributed by atoms with Crippen molar-refractivity contribution in [3.05, 3.63) is 50.1 Å². The summed E-state index contributed by atoms with van der Waals surface area (Å²) in [6, 6.07) is 0. The Labute approximate surface area is 103 Å². The molecule has 2 aliphatic heterocycles. The van der Waals surface area contributed by atoms with Crippen molar-refractivity contribution in [1.29, 1.82) is 0 Å². The molecule has 4 heteroatoms. The first kappa shape index (κ1) is 11.6. The van der Waals surface area contributed by atoms with Crippen LogP contribution in [0, 0.1) is 0 Å². The average Bonchev–Trinajstić information content (AvgIpc) is 2.91. The largest absolute Gasteiger partial charge is 0.355 e. The minimum Gasteiger partial charge on any atom is -0.355 e. The molecule has 4 nitrogen and oxygen atoms in total. The van der Waals surface area contributed by atoms with Gasteiger partial charge in [0.05, 0.1) is 20.0 Å². The van der Waals surface area contributed by atoms with E-state index in [1.807, 2.05) is 12.2 Å². The molecule has 0 bridgehead atoms. The highest BCUT2D eigenvalue weighted by Crippen LogP contribution is 2.11. The molecule has 2 rings (SSSR count). The monoisotopic (exact) mass is 232 g/mol. The number of hydrogen-bond donors (Lipinski definition) is 0. The van der Waals surface area contributed by atoms with Crippen LogP contribution < -0.4 is 0 Å². The number of nitrogens with zero attached hydrogens (tertiary/aromatic N) is 4. The van der Waals surface area contributed by atoms with Gasteiger partial charge in [0.15, 0.2) is 0 Å². The molecular weight excluding hydrogens is 212 g/mol. The first-order valence-electron chi connectivity index (χ1n) is 5.86. The van der Waals surface area contributed by atoms with Crippen LogP contribution in [0.4, 0.5) is 0 Å². The molecule has 0 unspecified atom stereocenters. The van der Waals surface area contributed by atoms with Gasteiger partial charge in [-0.3, -0.25) is 0 Å². The molecular formula is C13H20N4. The standard InChI is InChI=1S/C13H20N4/c1-3-5-14-7-9-16(11-14)13-17-10-8-15(12-17)6-4-2/h3-4,7-10H,1-2,5-6,11-13H2. The molecule has 0 saturated heterocycles. The van der Waals surface area contributed by atoms with E-state index in [1.165, 1.54) is 0 Å². The Morgan fingerprint density at radius 3 is 1.59 bits per heavy atom. The normalized spacial score (nSPS) is 18.4. The maximum absolute atomic E-state index is 3.75. The van der Waals surface area contributed by atoms with E-state index in [0.29, 0.717) is 0 Å². The summed E-state index contributed by atoms with van der Waals surface area (Å²) in [6.07, 6.45) is 12.3. The summed E-state index contributed by atoms with van der Waals surface area (Å²) in [5.41, 5.74) is 0. The summed E-state index contributed by atoms with van der Waals surface area (Å²) in [5.74, 6) is 0. The molecule has 92 valence electrons. The summed E-state index contributed by atoms with van der Waals surface area (Å²) >= 11 is 0. The van der Waals surface area contributed by atoms with Gasteiger partial charge in [0.2, 0.25) is 0 Å². The van der Waals surface area contributed by atoms with Gasteiger partial charge in [0.25, 0.3) is 0 Å². The van der Waals surface area contributed by atoms with Gasteiger partial charge in [-0.1, -0.05) is 12.2 Å². The van der Waals surface area contributed by atoms with Gasteiger partial charge in [0.1, 0.15) is 0 Å². The van der Waals surface area contributed by atoms with Gasteiger partial charge in [0, 0.05) is 37.9 Å². The van der Waals surface area contributed by atoms with Gasteiger partial charge < -0.3 is 19.6 Å². The third-order valence-electron chi connectivity index (χ3n) is 2.79. The lowest BCUT2D eigenvalue weighted by Crippen LogP contribution is -2.35. The van der Waals surface area contributed by atoms with Crippen LogP contribution in [0.2, 0.25) is 0 Å². The van der Waals surface area contributed by atoms with Crippen LogP contribution in [0.3, 0.4) is 0 Å². The number of hydrogen-bond acceptors (Lipinski definition) is 4. The summed E-state index contributed by atoms with van der Waals surface area (Å²) < 4.78 is 0. The second-order valence-electron chi connectivity index (χ2n) is 4.32. The molecule has 17 heavy (non-hydrogen) atoms. The molecule has 2 heterocycles. The van der Waals surface area contributed by atoms with Gasteiger partial charge in [-0.05, 0) is 0 Å². The summed E-state index contributed by atoms with van der Waals surface area (Å²) in [7, 11) is 0. The maximum atomic E-state index is 3.75. The zero-order chi connectivity index (χ0) is 12.1. The maximum Gasteiger partial charge on any atom is 0.0927 e. The molecule has 0 atom stereocenters. The van der Waals surface area contributed by atoms with Crippen LogP contribution in [0.1, 0.15) is 0 Å². The molecule has 0 aromatic rings. The Morgan fingerprint density at radius 1 is 0.765 bits per heavy atom. The minimum absolute atomic E-state index is 0.908. The van der Waals surface area contributed by atoms with Crippen molar-refractivity contribution >= 4 is 0 Å². The quantitative estimate of drug-likeness (QED) is 0.642. The predicted molar refractivity (Wildman–Crippen MR) is 70.4 cm³/mol. The molecule has 0 fully saturated rings. The van der Waals surface area contributed by atoms with Gasteiger partial charge >= 0.3 is 0 Å². The van der Waals surface area contributed by atoms with Gasteiger partial charge in [-0.25, -0.2) is 0 Å². The van der Waals surface area contributed by atoms with E-state index < -0.39 is 0 Å². The molecule has 0 amide bonds. The molecule has 0 aromatic carbocycles. The fourth-order valence-corrected chi connectivity index (χ4v) is 2.02. The van der Waals surface area contributed by atoms with E-state index in [-0.39, 0.29) is 0 Å². The van der Waals surface area contributed by atoms with Gasteiger partial charge in [-0.15, -0.1) is 13.2 Å². The van der Waals surface area contributed by atoms with Crippen LogP contribution in [0.15, 0.2) is 50.1 Å². The van der Waals surface area contributed by atoms with Crippen molar-refractivity contribution in [2.75, 3.05) is 33.1 Å². The third-order valence-corrected chi connectivity index (χ3v) is 2.79. The van der Waals surface area contributed by atoms with Crippen LogP contribution in [0.5, 0.6) is 0 Å². The lowest BCUT2D eigenvalue weighted by atomic mass is 10.6. The Morgan fingerprint density at radius 2 is 1.18 bits per heavy atom. The van der Waals surface area contributed by atoms with Crippen molar-refractivity contribution in [3.8, 4) is 0 Å². The molecule has 0 aromatic heterocycles. The van der Waals surface area contributed by atoms with Crippen LogP contribution in [-0.2, 0) is 0 Å². The molecule has 0 radical (unpaired) electrons. The van der Waals surface area contributed by atoms with E-state index in [9.17, 15) is 0 Å². The lowest BCUT2D eigenvalue weighted by Gasteiger charge is -2.27. The van der Waals surface area contributed by atoms with Crippen molar-refractivity contribution in [2.24, 2.45) is 0 Å². The fraction of sp³-hybridized carbons (Fsp3) is 0.385. The van der Waals surface area contributed by atoms with Crippen LogP contribution >= 0.6 is 0 Å². The third kappa shape index (κ3) is 3.06. The average molecular weight is 232 g/mol. The van der Waals surface area contributed by atoms with E-state index in [2.05, 4.69) is 57.6 Å². The van der Waals surface area contributed by atoms with Crippen LogP contribution in [0.25, 0.3) is 0 Å². The first-order valence-corrected chi connectivity index (χ1v) is 5.86. The highest BCUT2D eigenvalue weighted by atomic mass is 15.4. The summed E-state index contributed by atoms with van der Waals surface area (Å²) in [5, 5.41) is 0. The van der Waals surface area contributed by atoms with Crippen LogP contribution in [-0.4, -0.2) is 52.7 Å². The van der Waals surface area contributed by atoms with Crippen molar-refractivity contribution in [1.82, 2.24) is 19.6 Å². The molecule has 2 aliphatic rings. The Balaban J connectivity index is 1.73.